The van der Waals surface area contributed by atoms with Crippen molar-refractivity contribution in [3.05, 3.63) is 29.8 Å². The third kappa shape index (κ3) is 22.6. The molecular formula is C50H78N12O14. The summed E-state index contributed by atoms with van der Waals surface area (Å²) in [5, 5.41) is 37.3. The molecule has 2 heterocycles. The minimum absolute atomic E-state index is 0.00350. The Morgan fingerprint density at radius 2 is 0.987 bits per heavy atom. The molecule has 2 fully saturated rings. The average Bonchev–Trinajstić information content (AvgIpc) is 3.85. The standard InChI is InChI=1S/C50H78N12O14/c1-2-3-4-5-6-7-8-9-10-11-12-14-30-24-43(69)56-34(25-40(52)66)45(71)58-33(23-29-16-18-31(64)19-17-29)44(70)59-35(26-41(53)67)46(72)57-32(20-21-39(51)65)50(76)62-22-13-15-38(62)49(75)60-36(27-42(54)68)47(73)61-37(28-63)48(74)55-30/h16-19,30,32-38,63-64H,2-15,20-28H2,1H3,(H2,51,65)(H2,52,66)(H2,53,67)(H2,54,68)(H,55,74)(H,56,69)(H,57,72)(H,58,71)(H,59,70)(H,60,75)(H,61,73). The highest BCUT2D eigenvalue weighted by molar-refractivity contribution is 6.00. The van der Waals surface area contributed by atoms with Crippen molar-refractivity contribution in [3.63, 3.8) is 0 Å². The number of aliphatic hydroxyl groups excluding tert-OH is 1. The van der Waals surface area contributed by atoms with Crippen molar-refractivity contribution >= 4 is 70.9 Å². The number of fused-ring (bicyclic) bond motifs is 1. The Kier molecular flexibility index (Phi) is 27.2. The van der Waals surface area contributed by atoms with Crippen molar-refractivity contribution in [3.8, 4) is 5.75 Å². The van der Waals surface area contributed by atoms with Crippen molar-refractivity contribution in [2.45, 2.75) is 190 Å². The quantitative estimate of drug-likeness (QED) is 0.0469. The summed E-state index contributed by atoms with van der Waals surface area (Å²) in [6, 6.07) is -7.34. The van der Waals surface area contributed by atoms with Crippen LogP contribution in [0.2, 0.25) is 0 Å². The summed E-state index contributed by atoms with van der Waals surface area (Å²) in [5.41, 5.74) is 22.2. The fourth-order valence-electron chi connectivity index (χ4n) is 8.97. The number of carbonyl (C=O) groups excluding carboxylic acids is 12. The highest BCUT2D eigenvalue weighted by Gasteiger charge is 2.41. The molecule has 76 heavy (non-hydrogen) atoms. The summed E-state index contributed by atoms with van der Waals surface area (Å²) in [6.07, 6.45) is 7.11. The van der Waals surface area contributed by atoms with Crippen LogP contribution in [0.25, 0.3) is 0 Å². The zero-order valence-corrected chi connectivity index (χ0v) is 43.2. The number of hydrogen-bond acceptors (Lipinski definition) is 14. The minimum Gasteiger partial charge on any atom is -0.508 e. The monoisotopic (exact) mass is 1070 g/mol. The average molecular weight is 1070 g/mol. The molecule has 8 atom stereocenters. The first-order valence-electron chi connectivity index (χ1n) is 26.1. The Morgan fingerprint density at radius 3 is 1.50 bits per heavy atom. The van der Waals surface area contributed by atoms with E-state index in [9.17, 15) is 67.7 Å². The van der Waals surface area contributed by atoms with Gasteiger partial charge in [0, 0.05) is 31.8 Å². The van der Waals surface area contributed by atoms with Crippen LogP contribution in [0.15, 0.2) is 24.3 Å². The largest absolute Gasteiger partial charge is 0.508 e. The molecule has 0 spiro atoms. The maximum absolute atomic E-state index is 14.3. The van der Waals surface area contributed by atoms with E-state index >= 15 is 0 Å². The van der Waals surface area contributed by atoms with E-state index in [1.165, 1.54) is 43.5 Å². The van der Waals surface area contributed by atoms with Gasteiger partial charge in [-0.15, -0.1) is 0 Å². The van der Waals surface area contributed by atoms with Crippen LogP contribution in [0, 0.1) is 0 Å². The van der Waals surface area contributed by atoms with Crippen molar-refractivity contribution in [2.75, 3.05) is 13.2 Å². The van der Waals surface area contributed by atoms with Gasteiger partial charge in [0.2, 0.25) is 70.9 Å². The number of amides is 12. The maximum Gasteiger partial charge on any atom is 0.245 e. The van der Waals surface area contributed by atoms with Crippen molar-refractivity contribution in [1.82, 2.24) is 42.1 Å². The number of carbonyl (C=O) groups is 12. The smallest absolute Gasteiger partial charge is 0.245 e. The Bertz CT molecular complexity index is 2200. The van der Waals surface area contributed by atoms with E-state index in [1.54, 1.807) is 0 Å². The van der Waals surface area contributed by atoms with Crippen LogP contribution in [-0.2, 0) is 64.0 Å². The van der Waals surface area contributed by atoms with Crippen LogP contribution >= 0.6 is 0 Å². The van der Waals surface area contributed by atoms with Crippen LogP contribution in [0.4, 0.5) is 0 Å². The second-order valence-corrected chi connectivity index (χ2v) is 19.4. The molecule has 1 aromatic carbocycles. The minimum atomic E-state index is -1.86. The number of nitrogens with two attached hydrogens (primary N) is 4. The molecule has 2 aliphatic heterocycles. The Labute approximate surface area is 441 Å². The van der Waals surface area contributed by atoms with Crippen molar-refractivity contribution < 1.29 is 67.7 Å². The molecule has 0 radical (unpaired) electrons. The number of nitrogens with zero attached hydrogens (tertiary/aromatic N) is 1. The number of unbranched alkanes of at least 4 members (excludes halogenated alkanes) is 10. The first-order valence-corrected chi connectivity index (χ1v) is 26.1. The molecule has 2 aliphatic rings. The van der Waals surface area contributed by atoms with E-state index in [0.29, 0.717) is 18.4 Å². The zero-order valence-electron chi connectivity index (χ0n) is 43.2. The second-order valence-electron chi connectivity index (χ2n) is 19.4. The molecule has 8 unspecified atom stereocenters. The van der Waals surface area contributed by atoms with Gasteiger partial charge in [-0.1, -0.05) is 89.7 Å². The van der Waals surface area contributed by atoms with Crippen LogP contribution in [0.5, 0.6) is 5.75 Å². The van der Waals surface area contributed by atoms with E-state index in [4.69, 9.17) is 22.9 Å². The molecule has 0 bridgehead atoms. The number of hydrogen-bond donors (Lipinski definition) is 13. The second kappa shape index (κ2) is 32.8. The van der Waals surface area contributed by atoms with Crippen molar-refractivity contribution in [1.29, 1.82) is 0 Å². The molecule has 2 saturated heterocycles. The first-order chi connectivity index (χ1) is 36.1. The summed E-state index contributed by atoms with van der Waals surface area (Å²) in [4.78, 5) is 162. The van der Waals surface area contributed by atoms with E-state index < -0.39 is 164 Å². The molecule has 422 valence electrons. The predicted octanol–water partition coefficient (Wildman–Crippen LogP) is -2.69. The third-order valence-corrected chi connectivity index (χ3v) is 13.0. The molecule has 26 nitrogen and oxygen atoms in total. The molecule has 17 N–H and O–H groups in total. The summed E-state index contributed by atoms with van der Waals surface area (Å²) < 4.78 is 0. The molecule has 0 saturated carbocycles. The lowest BCUT2D eigenvalue weighted by atomic mass is 10.0. The van der Waals surface area contributed by atoms with Gasteiger partial charge in [-0.2, -0.15) is 0 Å². The Morgan fingerprint density at radius 1 is 0.539 bits per heavy atom. The van der Waals surface area contributed by atoms with Gasteiger partial charge in [0.1, 0.15) is 48.0 Å². The van der Waals surface area contributed by atoms with Gasteiger partial charge in [0.05, 0.1) is 25.9 Å². The van der Waals surface area contributed by atoms with Gasteiger partial charge < -0.3 is 75.3 Å². The molecule has 1 aromatic rings. The molecule has 0 aromatic heterocycles. The fourth-order valence-corrected chi connectivity index (χ4v) is 8.97. The summed E-state index contributed by atoms with van der Waals surface area (Å²) >= 11 is 0. The van der Waals surface area contributed by atoms with Gasteiger partial charge in [0.25, 0.3) is 0 Å². The van der Waals surface area contributed by atoms with Gasteiger partial charge in [-0.25, -0.2) is 0 Å². The molecular weight excluding hydrogens is 993 g/mol. The SMILES string of the molecule is CCCCCCCCCCCCCC1CC(=O)NC(CC(N)=O)C(=O)NC(Cc2ccc(O)cc2)C(=O)NC(CC(N)=O)C(=O)NC(CCC(N)=O)C(=O)N2CCCC2C(=O)NC(CC(N)=O)C(=O)NC(CO)C(=O)N1. The highest BCUT2D eigenvalue weighted by atomic mass is 16.3. The number of phenolic OH excluding ortho intramolecular Hbond substituents is 1. The van der Waals surface area contributed by atoms with Gasteiger partial charge >= 0.3 is 0 Å². The number of rotatable bonds is 24. The predicted molar refractivity (Wildman–Crippen MR) is 273 cm³/mol. The Balaban J connectivity index is 2.10. The Hall–Kier alpha value is -7.38. The third-order valence-electron chi connectivity index (χ3n) is 13.0. The summed E-state index contributed by atoms with van der Waals surface area (Å²) in [7, 11) is 0. The van der Waals surface area contributed by atoms with Crippen LogP contribution in [-0.4, -0.2) is 147 Å². The van der Waals surface area contributed by atoms with Gasteiger partial charge in [0.15, 0.2) is 0 Å². The lowest BCUT2D eigenvalue weighted by molar-refractivity contribution is -0.143. The summed E-state index contributed by atoms with van der Waals surface area (Å²) in [6.45, 7) is 1.06. The maximum atomic E-state index is 14.3. The lowest BCUT2D eigenvalue weighted by Gasteiger charge is -2.31. The fraction of sp³-hybridized carbons (Fsp3) is 0.640. The molecule has 26 heteroatoms. The molecule has 3 rings (SSSR count). The summed E-state index contributed by atoms with van der Waals surface area (Å²) in [5.74, 6) is -12.6. The van der Waals surface area contributed by atoms with Gasteiger partial charge in [-0.3, -0.25) is 57.5 Å². The lowest BCUT2D eigenvalue weighted by Crippen LogP contribution is -2.60. The number of primary amides is 4. The van der Waals surface area contributed by atoms with Crippen LogP contribution in [0.1, 0.15) is 141 Å². The van der Waals surface area contributed by atoms with Crippen molar-refractivity contribution in [2.24, 2.45) is 22.9 Å². The number of phenols is 1. The number of aromatic hydroxyl groups is 1. The number of nitrogens with one attached hydrogen (secondary N) is 7. The number of aliphatic hydroxyl groups is 1. The van der Waals surface area contributed by atoms with E-state index in [0.717, 1.165) is 43.4 Å². The van der Waals surface area contributed by atoms with E-state index in [-0.39, 0.29) is 38.0 Å². The molecule has 12 amide bonds. The first kappa shape index (κ1) is 62.9. The topological polar surface area (TPSA) is 437 Å². The number of benzene rings is 1. The van der Waals surface area contributed by atoms with E-state index in [2.05, 4.69) is 44.1 Å². The molecule has 0 aliphatic carbocycles. The highest BCUT2D eigenvalue weighted by Crippen LogP contribution is 2.21. The van der Waals surface area contributed by atoms with E-state index in [1.807, 2.05) is 0 Å². The zero-order chi connectivity index (χ0) is 56.3. The van der Waals surface area contributed by atoms with Crippen LogP contribution < -0.4 is 60.2 Å². The van der Waals surface area contributed by atoms with Crippen LogP contribution in [0.3, 0.4) is 0 Å². The van der Waals surface area contributed by atoms with Gasteiger partial charge in [-0.05, 0) is 43.4 Å². The normalized spacial score (nSPS) is 23.7.